The van der Waals surface area contributed by atoms with E-state index < -0.39 is 6.09 Å². The molecule has 0 saturated carbocycles. The van der Waals surface area contributed by atoms with Crippen LogP contribution in [0.25, 0.3) is 11.0 Å². The zero-order chi connectivity index (χ0) is 12.3. The lowest BCUT2D eigenvalue weighted by molar-refractivity contribution is 0.168. The molecular formula is C12H13N3O2. The summed E-state index contributed by atoms with van der Waals surface area (Å²) in [6.45, 7) is 3.91. The fraction of sp³-hybridized carbons (Fsp3) is 0.250. The van der Waals surface area contributed by atoms with Gasteiger partial charge < -0.3 is 4.74 Å². The second-order valence-corrected chi connectivity index (χ2v) is 3.52. The number of fused-ring (bicyclic) bond motifs is 1. The van der Waals surface area contributed by atoms with Crippen molar-refractivity contribution >= 4 is 22.8 Å². The standard InChI is InChI=1S/C12H13N3O2/c1-3-17-12(16)15-10-7-9-5-4-6-13-11(9)14-8(10)2/h4-7H,3H2,1-2H3,(H,15,16). The Morgan fingerprint density at radius 3 is 3.12 bits per heavy atom. The van der Waals surface area contributed by atoms with Gasteiger partial charge in [-0.15, -0.1) is 0 Å². The number of pyridine rings is 2. The summed E-state index contributed by atoms with van der Waals surface area (Å²) in [5.74, 6) is 0. The van der Waals surface area contributed by atoms with Gasteiger partial charge in [-0.3, -0.25) is 5.32 Å². The number of aryl methyl sites for hydroxylation is 1. The third-order valence-electron chi connectivity index (χ3n) is 2.29. The number of anilines is 1. The SMILES string of the molecule is CCOC(=O)Nc1cc2cccnc2nc1C. The number of ether oxygens (including phenoxy) is 1. The molecule has 0 radical (unpaired) electrons. The second-order valence-electron chi connectivity index (χ2n) is 3.52. The maximum atomic E-state index is 11.3. The predicted octanol–water partition coefficient (Wildman–Crippen LogP) is 2.51. The van der Waals surface area contributed by atoms with E-state index in [1.54, 1.807) is 13.1 Å². The van der Waals surface area contributed by atoms with Crippen molar-refractivity contribution in [3.8, 4) is 0 Å². The van der Waals surface area contributed by atoms with Crippen LogP contribution in [0, 0.1) is 6.92 Å². The highest BCUT2D eigenvalue weighted by Gasteiger charge is 2.07. The summed E-state index contributed by atoms with van der Waals surface area (Å²) >= 11 is 0. The van der Waals surface area contributed by atoms with Crippen LogP contribution in [0.1, 0.15) is 12.6 Å². The van der Waals surface area contributed by atoms with Gasteiger partial charge in [-0.25, -0.2) is 14.8 Å². The van der Waals surface area contributed by atoms with Gasteiger partial charge in [0.25, 0.3) is 0 Å². The van der Waals surface area contributed by atoms with Gasteiger partial charge >= 0.3 is 6.09 Å². The number of amides is 1. The van der Waals surface area contributed by atoms with Gasteiger partial charge in [-0.1, -0.05) is 0 Å². The number of nitrogens with one attached hydrogen (secondary N) is 1. The first-order valence-electron chi connectivity index (χ1n) is 5.37. The Hall–Kier alpha value is -2.17. The van der Waals surface area contributed by atoms with Gasteiger partial charge in [0.15, 0.2) is 5.65 Å². The molecule has 17 heavy (non-hydrogen) atoms. The fourth-order valence-corrected chi connectivity index (χ4v) is 1.50. The highest BCUT2D eigenvalue weighted by atomic mass is 16.5. The van der Waals surface area contributed by atoms with Crippen molar-refractivity contribution in [3.63, 3.8) is 0 Å². The van der Waals surface area contributed by atoms with E-state index in [1.165, 1.54) is 0 Å². The zero-order valence-electron chi connectivity index (χ0n) is 9.73. The molecule has 2 rings (SSSR count). The van der Waals surface area contributed by atoms with Crippen molar-refractivity contribution in [2.45, 2.75) is 13.8 Å². The molecule has 0 aromatic carbocycles. The number of nitrogens with zero attached hydrogens (tertiary/aromatic N) is 2. The van der Waals surface area contributed by atoms with Crippen LogP contribution in [-0.2, 0) is 4.74 Å². The van der Waals surface area contributed by atoms with E-state index in [0.29, 0.717) is 23.6 Å². The summed E-state index contributed by atoms with van der Waals surface area (Å²) in [5.41, 5.74) is 2.02. The molecule has 0 spiro atoms. The molecule has 88 valence electrons. The Kier molecular flexibility index (Phi) is 3.18. The largest absolute Gasteiger partial charge is 0.450 e. The van der Waals surface area contributed by atoms with E-state index in [2.05, 4.69) is 15.3 Å². The van der Waals surface area contributed by atoms with Crippen molar-refractivity contribution in [3.05, 3.63) is 30.1 Å². The first-order chi connectivity index (χ1) is 8.20. The Labute approximate surface area is 98.8 Å². The molecule has 2 aromatic rings. The topological polar surface area (TPSA) is 64.1 Å². The average Bonchev–Trinajstić information content (AvgIpc) is 2.30. The predicted molar refractivity (Wildman–Crippen MR) is 64.9 cm³/mol. The van der Waals surface area contributed by atoms with Gasteiger partial charge in [0.2, 0.25) is 0 Å². The molecule has 2 heterocycles. The number of carbonyl (C=O) groups excluding carboxylic acids is 1. The third-order valence-corrected chi connectivity index (χ3v) is 2.29. The molecule has 0 saturated heterocycles. The number of carbonyl (C=O) groups is 1. The number of aromatic nitrogens is 2. The maximum absolute atomic E-state index is 11.3. The molecule has 0 fully saturated rings. The van der Waals surface area contributed by atoms with E-state index in [1.807, 2.05) is 25.1 Å². The van der Waals surface area contributed by atoms with Gasteiger partial charge in [-0.2, -0.15) is 0 Å². The number of rotatable bonds is 2. The summed E-state index contributed by atoms with van der Waals surface area (Å²) in [4.78, 5) is 19.8. The molecule has 0 aliphatic heterocycles. The summed E-state index contributed by atoms with van der Waals surface area (Å²) in [5, 5.41) is 3.53. The van der Waals surface area contributed by atoms with Crippen molar-refractivity contribution in [1.29, 1.82) is 0 Å². The van der Waals surface area contributed by atoms with Crippen molar-refractivity contribution in [2.75, 3.05) is 11.9 Å². The second kappa shape index (κ2) is 4.78. The van der Waals surface area contributed by atoms with E-state index in [0.717, 1.165) is 5.39 Å². The van der Waals surface area contributed by atoms with Gasteiger partial charge in [-0.05, 0) is 32.0 Å². The minimum Gasteiger partial charge on any atom is -0.450 e. The maximum Gasteiger partial charge on any atom is 0.411 e. The number of hydrogen-bond acceptors (Lipinski definition) is 4. The first kappa shape index (κ1) is 11.3. The van der Waals surface area contributed by atoms with Crippen molar-refractivity contribution in [2.24, 2.45) is 0 Å². The molecule has 1 amide bonds. The smallest absolute Gasteiger partial charge is 0.411 e. The van der Waals surface area contributed by atoms with Crippen LogP contribution in [0.3, 0.4) is 0 Å². The lowest BCUT2D eigenvalue weighted by Gasteiger charge is -2.08. The molecule has 1 N–H and O–H groups in total. The summed E-state index contributed by atoms with van der Waals surface area (Å²) in [6, 6.07) is 5.56. The lowest BCUT2D eigenvalue weighted by atomic mass is 10.2. The molecule has 0 atom stereocenters. The van der Waals surface area contributed by atoms with Gasteiger partial charge in [0.1, 0.15) is 0 Å². The zero-order valence-corrected chi connectivity index (χ0v) is 9.73. The Bertz CT molecular complexity index is 554. The monoisotopic (exact) mass is 231 g/mol. The van der Waals surface area contributed by atoms with Gasteiger partial charge in [0.05, 0.1) is 18.0 Å². The summed E-state index contributed by atoms with van der Waals surface area (Å²) in [6.07, 6.45) is 1.22. The van der Waals surface area contributed by atoms with Gasteiger partial charge in [0, 0.05) is 11.6 Å². The van der Waals surface area contributed by atoms with Crippen LogP contribution < -0.4 is 5.32 Å². The van der Waals surface area contributed by atoms with Crippen LogP contribution in [0.15, 0.2) is 24.4 Å². The minimum absolute atomic E-state index is 0.341. The third kappa shape index (κ3) is 2.50. The highest BCUT2D eigenvalue weighted by Crippen LogP contribution is 2.18. The van der Waals surface area contributed by atoms with E-state index in [9.17, 15) is 4.79 Å². The van der Waals surface area contributed by atoms with Crippen molar-refractivity contribution in [1.82, 2.24) is 9.97 Å². The lowest BCUT2D eigenvalue weighted by Crippen LogP contribution is -2.14. The minimum atomic E-state index is -0.472. The normalized spacial score (nSPS) is 10.2. The molecule has 0 bridgehead atoms. The average molecular weight is 231 g/mol. The molecule has 0 aliphatic carbocycles. The molecular weight excluding hydrogens is 218 g/mol. The molecule has 5 nitrogen and oxygen atoms in total. The Morgan fingerprint density at radius 2 is 2.35 bits per heavy atom. The van der Waals surface area contributed by atoms with Crippen LogP contribution in [-0.4, -0.2) is 22.7 Å². The van der Waals surface area contributed by atoms with E-state index >= 15 is 0 Å². The van der Waals surface area contributed by atoms with E-state index in [-0.39, 0.29) is 0 Å². The van der Waals surface area contributed by atoms with Crippen LogP contribution in [0.4, 0.5) is 10.5 Å². The molecule has 0 unspecified atom stereocenters. The van der Waals surface area contributed by atoms with Crippen LogP contribution in [0.2, 0.25) is 0 Å². The molecule has 2 aromatic heterocycles. The summed E-state index contributed by atoms with van der Waals surface area (Å²) in [7, 11) is 0. The first-order valence-corrected chi connectivity index (χ1v) is 5.37. The summed E-state index contributed by atoms with van der Waals surface area (Å²) < 4.78 is 4.82. The molecule has 5 heteroatoms. The van der Waals surface area contributed by atoms with Crippen LogP contribution in [0.5, 0.6) is 0 Å². The molecule has 0 aliphatic rings. The van der Waals surface area contributed by atoms with Crippen LogP contribution >= 0.6 is 0 Å². The van der Waals surface area contributed by atoms with Crippen molar-refractivity contribution < 1.29 is 9.53 Å². The Balaban J connectivity index is 2.34. The quantitative estimate of drug-likeness (QED) is 0.862. The Morgan fingerprint density at radius 1 is 1.53 bits per heavy atom. The van der Waals surface area contributed by atoms with E-state index in [4.69, 9.17) is 4.74 Å². The fourth-order valence-electron chi connectivity index (χ4n) is 1.50. The number of hydrogen-bond donors (Lipinski definition) is 1. The highest BCUT2D eigenvalue weighted by molar-refractivity contribution is 5.89.